The molecule has 8 heteroatoms. The molecule has 0 spiro atoms. The van der Waals surface area contributed by atoms with Gasteiger partial charge in [0.15, 0.2) is 0 Å². The van der Waals surface area contributed by atoms with E-state index in [1.165, 1.54) is 0 Å². The van der Waals surface area contributed by atoms with Gasteiger partial charge in [0.05, 0.1) is 20.1 Å². The molecular weight excluding hydrogens is 338 g/mol. The first kappa shape index (κ1) is 19.4. The van der Waals surface area contributed by atoms with E-state index < -0.39 is 0 Å². The minimum Gasteiger partial charge on any atom is -0.497 e. The first-order valence-electron chi connectivity index (χ1n) is 8.51. The number of ether oxygens (including phenoxy) is 2. The van der Waals surface area contributed by atoms with Crippen molar-refractivity contribution in [3.63, 3.8) is 0 Å². The molecule has 140 valence electrons. The number of benzene rings is 1. The number of carbonyl (C=O) groups excluding carboxylic acids is 2. The Balaban J connectivity index is 1.70. The molecule has 1 aromatic heterocycles. The van der Waals surface area contributed by atoms with Crippen molar-refractivity contribution in [2.24, 2.45) is 0 Å². The highest BCUT2D eigenvalue weighted by Crippen LogP contribution is 2.20. The minimum atomic E-state index is -0.315. The molecule has 0 atom stereocenters. The quantitative estimate of drug-likeness (QED) is 0.647. The van der Waals surface area contributed by atoms with E-state index in [0.717, 1.165) is 11.3 Å². The Morgan fingerprint density at radius 3 is 2.65 bits per heavy atom. The number of nitrogens with one attached hydrogen (secondary N) is 1. The van der Waals surface area contributed by atoms with Gasteiger partial charge in [-0.05, 0) is 37.6 Å². The van der Waals surface area contributed by atoms with Crippen molar-refractivity contribution in [2.75, 3.05) is 20.3 Å². The van der Waals surface area contributed by atoms with Crippen LogP contribution in [0.3, 0.4) is 0 Å². The van der Waals surface area contributed by atoms with Crippen molar-refractivity contribution < 1.29 is 23.6 Å². The topological polar surface area (TPSA) is 104 Å². The van der Waals surface area contributed by atoms with E-state index in [9.17, 15) is 9.59 Å². The lowest BCUT2D eigenvalue weighted by Gasteiger charge is -2.04. The molecule has 1 aromatic carbocycles. The monoisotopic (exact) mass is 361 g/mol. The van der Waals surface area contributed by atoms with Crippen LogP contribution in [0, 0.1) is 0 Å². The summed E-state index contributed by atoms with van der Waals surface area (Å²) in [5.74, 6) is 1.30. The van der Waals surface area contributed by atoms with Crippen molar-refractivity contribution in [3.8, 4) is 17.1 Å². The fraction of sp³-hybridized carbons (Fsp3) is 0.444. The maximum Gasteiger partial charge on any atom is 0.307 e. The standard InChI is InChI=1S/C18H23N3O5/c1-3-25-17(23)11-12-19-15(22)5-4-6-16-20-18(21-26-16)13-7-9-14(24-2)10-8-13/h7-10H,3-6,11-12H2,1-2H3,(H,19,22). The maximum absolute atomic E-state index is 11.7. The Morgan fingerprint density at radius 2 is 1.96 bits per heavy atom. The van der Waals surface area contributed by atoms with E-state index >= 15 is 0 Å². The Morgan fingerprint density at radius 1 is 1.19 bits per heavy atom. The van der Waals surface area contributed by atoms with Crippen molar-refractivity contribution in [3.05, 3.63) is 30.2 Å². The van der Waals surface area contributed by atoms with Gasteiger partial charge in [-0.1, -0.05) is 5.16 Å². The molecule has 0 fully saturated rings. The number of amides is 1. The molecule has 0 aliphatic rings. The minimum absolute atomic E-state index is 0.121. The summed E-state index contributed by atoms with van der Waals surface area (Å²) in [5, 5.41) is 6.63. The summed E-state index contributed by atoms with van der Waals surface area (Å²) >= 11 is 0. The highest BCUT2D eigenvalue weighted by Gasteiger charge is 2.10. The third-order valence-electron chi connectivity index (χ3n) is 3.57. The molecule has 0 aliphatic heterocycles. The van der Waals surface area contributed by atoms with Gasteiger partial charge in [0.1, 0.15) is 5.75 Å². The molecule has 2 aromatic rings. The molecule has 1 amide bonds. The molecule has 2 rings (SSSR count). The summed E-state index contributed by atoms with van der Waals surface area (Å²) < 4.78 is 15.1. The van der Waals surface area contributed by atoms with Crippen molar-refractivity contribution in [2.45, 2.75) is 32.6 Å². The molecule has 0 aliphatic carbocycles. The van der Waals surface area contributed by atoms with Gasteiger partial charge in [-0.15, -0.1) is 0 Å². The number of rotatable bonds is 10. The van der Waals surface area contributed by atoms with E-state index in [1.807, 2.05) is 24.3 Å². The van der Waals surface area contributed by atoms with Gasteiger partial charge in [-0.3, -0.25) is 9.59 Å². The lowest BCUT2D eigenvalue weighted by molar-refractivity contribution is -0.143. The Labute approximate surface area is 151 Å². The number of hydrogen-bond donors (Lipinski definition) is 1. The number of carbonyl (C=O) groups is 2. The van der Waals surface area contributed by atoms with Gasteiger partial charge in [0.2, 0.25) is 17.6 Å². The second kappa shape index (κ2) is 10.2. The van der Waals surface area contributed by atoms with Gasteiger partial charge in [0.25, 0.3) is 0 Å². The van der Waals surface area contributed by atoms with Crippen LogP contribution in [0.2, 0.25) is 0 Å². The third kappa shape index (κ3) is 6.19. The van der Waals surface area contributed by atoms with Crippen LogP contribution in [0.5, 0.6) is 5.75 Å². The summed E-state index contributed by atoms with van der Waals surface area (Å²) in [6.45, 7) is 2.36. The van der Waals surface area contributed by atoms with E-state index in [0.29, 0.717) is 37.6 Å². The summed E-state index contributed by atoms with van der Waals surface area (Å²) in [7, 11) is 1.61. The number of aryl methyl sites for hydroxylation is 1. The summed E-state index contributed by atoms with van der Waals surface area (Å²) in [4.78, 5) is 27.2. The molecule has 0 saturated carbocycles. The van der Waals surface area contributed by atoms with Crippen molar-refractivity contribution in [1.82, 2.24) is 15.5 Å². The SMILES string of the molecule is CCOC(=O)CCNC(=O)CCCc1nc(-c2ccc(OC)cc2)no1. The van der Waals surface area contributed by atoms with Crippen LogP contribution >= 0.6 is 0 Å². The molecule has 26 heavy (non-hydrogen) atoms. The lowest BCUT2D eigenvalue weighted by atomic mass is 10.2. The normalized spacial score (nSPS) is 10.4. The predicted octanol–water partition coefficient (Wildman–Crippen LogP) is 2.14. The maximum atomic E-state index is 11.7. The van der Waals surface area contributed by atoms with Gasteiger partial charge < -0.3 is 19.3 Å². The number of hydrogen-bond acceptors (Lipinski definition) is 7. The largest absolute Gasteiger partial charge is 0.497 e. The Hall–Kier alpha value is -2.90. The zero-order valence-corrected chi connectivity index (χ0v) is 15.0. The zero-order valence-electron chi connectivity index (χ0n) is 15.0. The number of methoxy groups -OCH3 is 1. The molecule has 1 N–H and O–H groups in total. The van der Waals surface area contributed by atoms with Gasteiger partial charge in [-0.25, -0.2) is 0 Å². The van der Waals surface area contributed by atoms with E-state index in [-0.39, 0.29) is 24.8 Å². The van der Waals surface area contributed by atoms with E-state index in [4.69, 9.17) is 14.0 Å². The highest BCUT2D eigenvalue weighted by atomic mass is 16.5. The number of nitrogens with zero attached hydrogens (tertiary/aromatic N) is 2. The van der Waals surface area contributed by atoms with Crippen LogP contribution in [0.1, 0.15) is 32.1 Å². The summed E-state index contributed by atoms with van der Waals surface area (Å²) in [6.07, 6.45) is 1.58. The van der Waals surface area contributed by atoms with Crippen LogP contribution < -0.4 is 10.1 Å². The Kier molecular flexibility index (Phi) is 7.60. The molecule has 0 unspecified atom stereocenters. The van der Waals surface area contributed by atoms with Crippen LogP contribution in [0.25, 0.3) is 11.4 Å². The second-order valence-corrected chi connectivity index (χ2v) is 5.50. The van der Waals surface area contributed by atoms with Gasteiger partial charge in [0, 0.05) is 24.9 Å². The van der Waals surface area contributed by atoms with Gasteiger partial charge in [-0.2, -0.15) is 4.98 Å². The lowest BCUT2D eigenvalue weighted by Crippen LogP contribution is -2.26. The van der Waals surface area contributed by atoms with E-state index in [2.05, 4.69) is 15.5 Å². The highest BCUT2D eigenvalue weighted by molar-refractivity contribution is 5.77. The van der Waals surface area contributed by atoms with Crippen LogP contribution in [-0.4, -0.2) is 42.3 Å². The fourth-order valence-corrected chi connectivity index (χ4v) is 2.24. The van der Waals surface area contributed by atoms with E-state index in [1.54, 1.807) is 14.0 Å². The van der Waals surface area contributed by atoms with Crippen LogP contribution in [0.4, 0.5) is 0 Å². The van der Waals surface area contributed by atoms with Crippen molar-refractivity contribution in [1.29, 1.82) is 0 Å². The fourth-order valence-electron chi connectivity index (χ4n) is 2.24. The molecule has 8 nitrogen and oxygen atoms in total. The number of aromatic nitrogens is 2. The second-order valence-electron chi connectivity index (χ2n) is 5.50. The van der Waals surface area contributed by atoms with Crippen LogP contribution in [-0.2, 0) is 20.7 Å². The smallest absolute Gasteiger partial charge is 0.307 e. The molecule has 0 radical (unpaired) electrons. The first-order valence-corrected chi connectivity index (χ1v) is 8.51. The average Bonchev–Trinajstić information content (AvgIpc) is 3.11. The molecule has 1 heterocycles. The van der Waals surface area contributed by atoms with Gasteiger partial charge >= 0.3 is 5.97 Å². The number of esters is 1. The predicted molar refractivity (Wildman–Crippen MR) is 93.5 cm³/mol. The zero-order chi connectivity index (χ0) is 18.8. The molecule has 0 saturated heterocycles. The first-order chi connectivity index (χ1) is 12.6. The molecule has 0 bridgehead atoms. The Bertz CT molecular complexity index is 712. The summed E-state index contributed by atoms with van der Waals surface area (Å²) in [6, 6.07) is 7.35. The average molecular weight is 361 g/mol. The summed E-state index contributed by atoms with van der Waals surface area (Å²) in [5.41, 5.74) is 0.831. The molecular formula is C18H23N3O5. The van der Waals surface area contributed by atoms with Crippen molar-refractivity contribution >= 4 is 11.9 Å². The van der Waals surface area contributed by atoms with Crippen LogP contribution in [0.15, 0.2) is 28.8 Å². The third-order valence-corrected chi connectivity index (χ3v) is 3.57.